The summed E-state index contributed by atoms with van der Waals surface area (Å²) >= 11 is 6.23. The van der Waals surface area contributed by atoms with E-state index in [1.807, 2.05) is 6.07 Å². The van der Waals surface area contributed by atoms with Gasteiger partial charge in [-0.15, -0.1) is 0 Å². The zero-order valence-corrected chi connectivity index (χ0v) is 13.8. The van der Waals surface area contributed by atoms with Gasteiger partial charge in [0.05, 0.1) is 0 Å². The second kappa shape index (κ2) is 8.11. The third-order valence-electron chi connectivity index (χ3n) is 4.36. The van der Waals surface area contributed by atoms with Crippen LogP contribution in [-0.2, 0) is 0 Å². The summed E-state index contributed by atoms with van der Waals surface area (Å²) in [5.41, 5.74) is 1.02. The van der Waals surface area contributed by atoms with Crippen molar-refractivity contribution in [1.29, 1.82) is 0 Å². The highest BCUT2D eigenvalue weighted by molar-refractivity contribution is 6.31. The minimum Gasteiger partial charge on any atom is -0.316 e. The molecule has 1 fully saturated rings. The fraction of sp³-hybridized carbons (Fsp3) is 0.647. The van der Waals surface area contributed by atoms with Crippen molar-refractivity contribution < 1.29 is 4.39 Å². The molecule has 2 atom stereocenters. The SMILES string of the molecule is CCCN(CC1CCCNC1)C(C)c1ccc(F)cc1Cl. The van der Waals surface area contributed by atoms with E-state index in [4.69, 9.17) is 11.6 Å². The first-order chi connectivity index (χ1) is 10.1. The van der Waals surface area contributed by atoms with Gasteiger partial charge in [0.1, 0.15) is 5.82 Å². The lowest BCUT2D eigenvalue weighted by Gasteiger charge is -2.34. The Balaban J connectivity index is 2.08. The van der Waals surface area contributed by atoms with Crippen molar-refractivity contribution in [2.75, 3.05) is 26.2 Å². The molecular weight excluding hydrogens is 287 g/mol. The second-order valence-corrected chi connectivity index (χ2v) is 6.46. The minimum absolute atomic E-state index is 0.222. The number of rotatable bonds is 6. The van der Waals surface area contributed by atoms with Gasteiger partial charge >= 0.3 is 0 Å². The zero-order valence-electron chi connectivity index (χ0n) is 13.0. The van der Waals surface area contributed by atoms with Crippen LogP contribution in [0.25, 0.3) is 0 Å². The number of hydrogen-bond donors (Lipinski definition) is 1. The molecule has 2 rings (SSSR count). The Morgan fingerprint density at radius 2 is 2.29 bits per heavy atom. The molecule has 0 radical (unpaired) electrons. The Morgan fingerprint density at radius 3 is 2.90 bits per heavy atom. The summed E-state index contributed by atoms with van der Waals surface area (Å²) in [6.07, 6.45) is 3.66. The standard InChI is InChI=1S/C17H26ClFN2/c1-3-9-21(12-14-5-4-8-20-11-14)13(2)16-7-6-15(19)10-17(16)18/h6-7,10,13-14,20H,3-5,8-9,11-12H2,1-2H3. The molecule has 1 heterocycles. The molecule has 118 valence electrons. The van der Waals surface area contributed by atoms with Crippen LogP contribution in [0, 0.1) is 11.7 Å². The average molecular weight is 313 g/mol. The summed E-state index contributed by atoms with van der Waals surface area (Å²) < 4.78 is 13.2. The van der Waals surface area contributed by atoms with Crippen molar-refractivity contribution in [2.45, 2.75) is 39.2 Å². The van der Waals surface area contributed by atoms with Gasteiger partial charge in [0.15, 0.2) is 0 Å². The van der Waals surface area contributed by atoms with E-state index in [9.17, 15) is 4.39 Å². The van der Waals surface area contributed by atoms with Crippen molar-refractivity contribution >= 4 is 11.6 Å². The molecule has 0 saturated carbocycles. The average Bonchev–Trinajstić information content (AvgIpc) is 2.47. The predicted octanol–water partition coefficient (Wildman–Crippen LogP) is 4.25. The maximum absolute atomic E-state index is 13.2. The molecule has 1 aromatic rings. The van der Waals surface area contributed by atoms with E-state index in [0.717, 1.165) is 38.2 Å². The lowest BCUT2D eigenvalue weighted by molar-refractivity contribution is 0.163. The lowest BCUT2D eigenvalue weighted by atomic mass is 9.97. The second-order valence-electron chi connectivity index (χ2n) is 6.05. The first kappa shape index (κ1) is 16.7. The Bertz CT molecular complexity index is 446. The molecule has 0 bridgehead atoms. The molecule has 21 heavy (non-hydrogen) atoms. The van der Waals surface area contributed by atoms with Crippen LogP contribution >= 0.6 is 11.6 Å². The van der Waals surface area contributed by atoms with Gasteiger partial charge in [0.2, 0.25) is 0 Å². The summed E-state index contributed by atoms with van der Waals surface area (Å²) in [5.74, 6) is 0.432. The Labute approximate surface area is 132 Å². The maximum Gasteiger partial charge on any atom is 0.124 e. The van der Waals surface area contributed by atoms with Gasteiger partial charge in [0.25, 0.3) is 0 Å². The van der Waals surface area contributed by atoms with Crippen molar-refractivity contribution in [3.8, 4) is 0 Å². The first-order valence-electron chi connectivity index (χ1n) is 8.01. The fourth-order valence-electron chi connectivity index (χ4n) is 3.18. The molecule has 0 spiro atoms. The van der Waals surface area contributed by atoms with Crippen LogP contribution in [0.1, 0.15) is 44.7 Å². The zero-order chi connectivity index (χ0) is 15.2. The van der Waals surface area contributed by atoms with Gasteiger partial charge < -0.3 is 5.32 Å². The predicted molar refractivity (Wildman–Crippen MR) is 87.3 cm³/mol. The molecule has 2 unspecified atom stereocenters. The van der Waals surface area contributed by atoms with E-state index in [0.29, 0.717) is 10.9 Å². The van der Waals surface area contributed by atoms with Gasteiger partial charge in [0, 0.05) is 17.6 Å². The van der Waals surface area contributed by atoms with Crippen molar-refractivity contribution in [3.63, 3.8) is 0 Å². The lowest BCUT2D eigenvalue weighted by Crippen LogP contribution is -2.39. The highest BCUT2D eigenvalue weighted by Crippen LogP contribution is 2.29. The van der Waals surface area contributed by atoms with E-state index in [1.165, 1.54) is 25.0 Å². The summed E-state index contributed by atoms with van der Waals surface area (Å²) in [6.45, 7) is 8.74. The van der Waals surface area contributed by atoms with Crippen LogP contribution in [-0.4, -0.2) is 31.1 Å². The van der Waals surface area contributed by atoms with E-state index in [2.05, 4.69) is 24.1 Å². The molecule has 0 amide bonds. The maximum atomic E-state index is 13.2. The number of halogens is 2. The van der Waals surface area contributed by atoms with Gasteiger partial charge in [-0.05, 0) is 69.4 Å². The van der Waals surface area contributed by atoms with Crippen LogP contribution in [0.4, 0.5) is 4.39 Å². The van der Waals surface area contributed by atoms with E-state index in [1.54, 1.807) is 0 Å². The number of hydrogen-bond acceptors (Lipinski definition) is 2. The monoisotopic (exact) mass is 312 g/mol. The van der Waals surface area contributed by atoms with Crippen LogP contribution in [0.2, 0.25) is 5.02 Å². The van der Waals surface area contributed by atoms with E-state index >= 15 is 0 Å². The molecule has 0 aliphatic carbocycles. The third-order valence-corrected chi connectivity index (χ3v) is 4.69. The fourth-order valence-corrected chi connectivity index (χ4v) is 3.50. The van der Waals surface area contributed by atoms with Crippen LogP contribution < -0.4 is 5.32 Å². The Kier molecular flexibility index (Phi) is 6.46. The largest absolute Gasteiger partial charge is 0.316 e. The quantitative estimate of drug-likeness (QED) is 0.844. The molecule has 0 aromatic heterocycles. The summed E-state index contributed by atoms with van der Waals surface area (Å²) in [5, 5.41) is 4.01. The smallest absolute Gasteiger partial charge is 0.124 e. The molecule has 1 N–H and O–H groups in total. The minimum atomic E-state index is -0.269. The molecule has 1 saturated heterocycles. The number of benzene rings is 1. The first-order valence-corrected chi connectivity index (χ1v) is 8.39. The summed E-state index contributed by atoms with van der Waals surface area (Å²) in [7, 11) is 0. The number of nitrogens with one attached hydrogen (secondary N) is 1. The number of nitrogens with zero attached hydrogens (tertiary/aromatic N) is 1. The van der Waals surface area contributed by atoms with Crippen LogP contribution in [0.5, 0.6) is 0 Å². The molecule has 2 nitrogen and oxygen atoms in total. The third kappa shape index (κ3) is 4.67. The van der Waals surface area contributed by atoms with Crippen LogP contribution in [0.15, 0.2) is 18.2 Å². The van der Waals surface area contributed by atoms with Crippen molar-refractivity contribution in [2.24, 2.45) is 5.92 Å². The van der Waals surface area contributed by atoms with Crippen LogP contribution in [0.3, 0.4) is 0 Å². The molecule has 1 aliphatic rings. The Morgan fingerprint density at radius 1 is 1.48 bits per heavy atom. The Hall–Kier alpha value is -0.640. The summed E-state index contributed by atoms with van der Waals surface area (Å²) in [4.78, 5) is 2.48. The van der Waals surface area contributed by atoms with Gasteiger partial charge in [-0.25, -0.2) is 4.39 Å². The van der Waals surface area contributed by atoms with Crippen molar-refractivity contribution in [1.82, 2.24) is 10.2 Å². The summed E-state index contributed by atoms with van der Waals surface area (Å²) in [6, 6.07) is 4.97. The molecule has 1 aromatic carbocycles. The normalized spacial score (nSPS) is 20.7. The van der Waals surface area contributed by atoms with Gasteiger partial charge in [-0.1, -0.05) is 24.6 Å². The topological polar surface area (TPSA) is 15.3 Å². The van der Waals surface area contributed by atoms with Gasteiger partial charge in [-0.2, -0.15) is 0 Å². The number of piperidine rings is 1. The highest BCUT2D eigenvalue weighted by Gasteiger charge is 2.22. The molecular formula is C17H26ClFN2. The van der Waals surface area contributed by atoms with Crippen molar-refractivity contribution in [3.05, 3.63) is 34.6 Å². The molecule has 1 aliphatic heterocycles. The molecule has 4 heteroatoms. The van der Waals surface area contributed by atoms with E-state index < -0.39 is 0 Å². The van der Waals surface area contributed by atoms with Gasteiger partial charge in [-0.3, -0.25) is 4.90 Å². The highest BCUT2D eigenvalue weighted by atomic mass is 35.5. The van der Waals surface area contributed by atoms with E-state index in [-0.39, 0.29) is 11.9 Å².